The van der Waals surface area contributed by atoms with Crippen molar-refractivity contribution in [2.24, 2.45) is 0 Å². The smallest absolute Gasteiger partial charge is 0.170 e. The third kappa shape index (κ3) is 5.74. The Bertz CT molecular complexity index is 569. The van der Waals surface area contributed by atoms with Gasteiger partial charge >= 0.3 is 0 Å². The van der Waals surface area contributed by atoms with Crippen LogP contribution in [-0.4, -0.2) is 18.3 Å². The van der Waals surface area contributed by atoms with Gasteiger partial charge in [-0.15, -0.1) is 0 Å². The second kappa shape index (κ2) is 9.05. The summed E-state index contributed by atoms with van der Waals surface area (Å²) in [6.45, 7) is 3.42. The van der Waals surface area contributed by atoms with Crippen molar-refractivity contribution in [3.05, 3.63) is 60.2 Å². The highest BCUT2D eigenvalue weighted by molar-refractivity contribution is 7.80. The monoisotopic (exact) mass is 314 g/mol. The molecule has 0 aromatic heterocycles. The molecule has 0 heterocycles. The van der Waals surface area contributed by atoms with Crippen LogP contribution in [0.3, 0.4) is 0 Å². The van der Waals surface area contributed by atoms with Crippen LogP contribution >= 0.6 is 12.2 Å². The maximum Gasteiger partial charge on any atom is 0.170 e. The van der Waals surface area contributed by atoms with Crippen LogP contribution in [0.4, 0.5) is 5.69 Å². The Morgan fingerprint density at radius 2 is 1.77 bits per heavy atom. The second-order valence-corrected chi connectivity index (χ2v) is 5.40. The SMILES string of the molecule is CCCc1ccc(OCCNC(=S)Nc2ccccc2)cc1. The fourth-order valence-corrected chi connectivity index (χ4v) is 2.29. The van der Waals surface area contributed by atoms with E-state index >= 15 is 0 Å². The summed E-state index contributed by atoms with van der Waals surface area (Å²) in [7, 11) is 0. The van der Waals surface area contributed by atoms with Gasteiger partial charge in [-0.2, -0.15) is 0 Å². The highest BCUT2D eigenvalue weighted by Crippen LogP contribution is 2.13. The lowest BCUT2D eigenvalue weighted by Gasteiger charge is -2.11. The Morgan fingerprint density at radius 1 is 1.05 bits per heavy atom. The molecule has 0 aliphatic carbocycles. The molecule has 2 rings (SSSR count). The summed E-state index contributed by atoms with van der Waals surface area (Å²) in [5.74, 6) is 0.892. The summed E-state index contributed by atoms with van der Waals surface area (Å²) in [6, 6.07) is 18.1. The molecule has 22 heavy (non-hydrogen) atoms. The largest absolute Gasteiger partial charge is 0.492 e. The van der Waals surface area contributed by atoms with Gasteiger partial charge < -0.3 is 15.4 Å². The third-order valence-corrected chi connectivity index (χ3v) is 3.40. The summed E-state index contributed by atoms with van der Waals surface area (Å²) >= 11 is 5.23. The average molecular weight is 314 g/mol. The Morgan fingerprint density at radius 3 is 2.45 bits per heavy atom. The number of ether oxygens (including phenoxy) is 1. The topological polar surface area (TPSA) is 33.3 Å². The summed E-state index contributed by atoms with van der Waals surface area (Å²) < 4.78 is 5.69. The zero-order valence-electron chi connectivity index (χ0n) is 12.8. The van der Waals surface area contributed by atoms with Gasteiger partial charge in [0.2, 0.25) is 0 Å². The molecular formula is C18H22N2OS. The van der Waals surface area contributed by atoms with E-state index < -0.39 is 0 Å². The van der Waals surface area contributed by atoms with Crippen molar-refractivity contribution >= 4 is 23.0 Å². The van der Waals surface area contributed by atoms with Gasteiger partial charge in [-0.25, -0.2) is 0 Å². The molecule has 0 atom stereocenters. The minimum Gasteiger partial charge on any atom is -0.492 e. The van der Waals surface area contributed by atoms with E-state index in [0.717, 1.165) is 24.3 Å². The van der Waals surface area contributed by atoms with Crippen molar-refractivity contribution < 1.29 is 4.74 Å². The molecule has 0 unspecified atom stereocenters. The predicted octanol–water partition coefficient (Wildman–Crippen LogP) is 4.00. The van der Waals surface area contributed by atoms with E-state index in [1.807, 2.05) is 42.5 Å². The van der Waals surface area contributed by atoms with E-state index in [9.17, 15) is 0 Å². The first-order valence-electron chi connectivity index (χ1n) is 7.59. The Kier molecular flexibility index (Phi) is 6.71. The predicted molar refractivity (Wildman–Crippen MR) is 96.6 cm³/mol. The number of benzene rings is 2. The van der Waals surface area contributed by atoms with E-state index in [4.69, 9.17) is 17.0 Å². The van der Waals surface area contributed by atoms with Crippen LogP contribution in [0.15, 0.2) is 54.6 Å². The van der Waals surface area contributed by atoms with E-state index in [0.29, 0.717) is 18.3 Å². The molecule has 0 saturated carbocycles. The van der Waals surface area contributed by atoms with E-state index in [-0.39, 0.29) is 0 Å². The van der Waals surface area contributed by atoms with Crippen molar-refractivity contribution in [3.63, 3.8) is 0 Å². The van der Waals surface area contributed by atoms with Gasteiger partial charge in [0.1, 0.15) is 12.4 Å². The first-order valence-corrected chi connectivity index (χ1v) is 8.00. The van der Waals surface area contributed by atoms with Crippen LogP contribution in [0.2, 0.25) is 0 Å². The fraction of sp³-hybridized carbons (Fsp3) is 0.278. The Balaban J connectivity index is 1.65. The van der Waals surface area contributed by atoms with Gasteiger partial charge in [0.15, 0.2) is 5.11 Å². The quantitative estimate of drug-likeness (QED) is 0.598. The standard InChI is InChI=1S/C18H22N2OS/c1-2-6-15-9-11-17(12-10-15)21-14-13-19-18(22)20-16-7-4-3-5-8-16/h3-5,7-12H,2,6,13-14H2,1H3,(H2,19,20,22). The first kappa shape index (κ1) is 16.3. The summed E-state index contributed by atoms with van der Waals surface area (Å²) in [6.07, 6.45) is 2.28. The van der Waals surface area contributed by atoms with Gasteiger partial charge in [0.05, 0.1) is 6.54 Å². The molecule has 2 aromatic rings. The van der Waals surface area contributed by atoms with Crippen LogP contribution in [-0.2, 0) is 6.42 Å². The molecular weight excluding hydrogens is 292 g/mol. The minimum absolute atomic E-state index is 0.573. The fourth-order valence-electron chi connectivity index (χ4n) is 2.07. The molecule has 3 nitrogen and oxygen atoms in total. The maximum absolute atomic E-state index is 5.69. The normalized spacial score (nSPS) is 10.0. The molecule has 0 saturated heterocycles. The molecule has 0 spiro atoms. The maximum atomic E-state index is 5.69. The lowest BCUT2D eigenvalue weighted by molar-refractivity contribution is 0.322. The van der Waals surface area contributed by atoms with E-state index in [2.05, 4.69) is 29.7 Å². The number of nitrogens with one attached hydrogen (secondary N) is 2. The van der Waals surface area contributed by atoms with Gasteiger partial charge in [0, 0.05) is 5.69 Å². The van der Waals surface area contributed by atoms with Crippen LogP contribution in [0.1, 0.15) is 18.9 Å². The lowest BCUT2D eigenvalue weighted by atomic mass is 10.1. The molecule has 0 fully saturated rings. The highest BCUT2D eigenvalue weighted by Gasteiger charge is 1.98. The number of para-hydroxylation sites is 1. The van der Waals surface area contributed by atoms with Gasteiger partial charge in [-0.3, -0.25) is 0 Å². The molecule has 4 heteroatoms. The summed E-state index contributed by atoms with van der Waals surface area (Å²) in [5.41, 5.74) is 2.33. The van der Waals surface area contributed by atoms with Crippen molar-refractivity contribution in [2.75, 3.05) is 18.5 Å². The van der Waals surface area contributed by atoms with Crippen molar-refractivity contribution in [2.45, 2.75) is 19.8 Å². The lowest BCUT2D eigenvalue weighted by Crippen LogP contribution is -2.31. The van der Waals surface area contributed by atoms with Gasteiger partial charge in [-0.1, -0.05) is 43.7 Å². The van der Waals surface area contributed by atoms with Crippen LogP contribution in [0.25, 0.3) is 0 Å². The molecule has 0 aliphatic rings. The highest BCUT2D eigenvalue weighted by atomic mass is 32.1. The molecule has 0 aliphatic heterocycles. The molecule has 0 bridgehead atoms. The number of rotatable bonds is 7. The second-order valence-electron chi connectivity index (χ2n) is 4.99. The average Bonchev–Trinajstić information content (AvgIpc) is 2.54. The van der Waals surface area contributed by atoms with Crippen molar-refractivity contribution in [1.29, 1.82) is 0 Å². The number of hydrogen-bond donors (Lipinski definition) is 2. The van der Waals surface area contributed by atoms with Crippen LogP contribution < -0.4 is 15.4 Å². The number of hydrogen-bond acceptors (Lipinski definition) is 2. The number of anilines is 1. The Labute approximate surface area is 137 Å². The molecule has 116 valence electrons. The molecule has 0 radical (unpaired) electrons. The van der Waals surface area contributed by atoms with Gasteiger partial charge in [0.25, 0.3) is 0 Å². The summed E-state index contributed by atoms with van der Waals surface area (Å²) in [4.78, 5) is 0. The summed E-state index contributed by atoms with van der Waals surface area (Å²) in [5, 5.41) is 6.86. The minimum atomic E-state index is 0.573. The third-order valence-electron chi connectivity index (χ3n) is 3.15. The van der Waals surface area contributed by atoms with Crippen LogP contribution in [0, 0.1) is 0 Å². The van der Waals surface area contributed by atoms with Crippen LogP contribution in [0.5, 0.6) is 5.75 Å². The zero-order valence-corrected chi connectivity index (χ0v) is 13.7. The Hall–Kier alpha value is -2.07. The molecule has 0 amide bonds. The number of thiocarbonyl (C=S) groups is 1. The zero-order chi connectivity index (χ0) is 15.6. The first-order chi connectivity index (χ1) is 10.8. The molecule has 2 aromatic carbocycles. The molecule has 2 N–H and O–H groups in total. The number of aryl methyl sites for hydroxylation is 1. The van der Waals surface area contributed by atoms with E-state index in [1.54, 1.807) is 0 Å². The van der Waals surface area contributed by atoms with E-state index in [1.165, 1.54) is 5.56 Å². The van der Waals surface area contributed by atoms with Gasteiger partial charge in [-0.05, 0) is 48.5 Å². The van der Waals surface area contributed by atoms with Crippen molar-refractivity contribution in [1.82, 2.24) is 5.32 Å². The van der Waals surface area contributed by atoms with Crippen molar-refractivity contribution in [3.8, 4) is 5.75 Å².